The van der Waals surface area contributed by atoms with E-state index in [1.165, 1.54) is 22.3 Å². The molecule has 2 aromatic carbocycles. The van der Waals surface area contributed by atoms with Gasteiger partial charge in [-0.3, -0.25) is 9.98 Å². The Balaban J connectivity index is 2.12. The first-order valence-electron chi connectivity index (χ1n) is 10.9. The van der Waals surface area contributed by atoms with Gasteiger partial charge in [0.25, 0.3) is 0 Å². The van der Waals surface area contributed by atoms with E-state index in [1.807, 2.05) is 6.92 Å². The molecule has 0 saturated carbocycles. The van der Waals surface area contributed by atoms with Crippen molar-refractivity contribution < 1.29 is 0 Å². The molecule has 0 aromatic heterocycles. The van der Waals surface area contributed by atoms with Crippen LogP contribution in [0.25, 0.3) is 16.8 Å². The van der Waals surface area contributed by atoms with E-state index in [1.54, 1.807) is 12.3 Å². The Morgan fingerprint density at radius 1 is 1.10 bits per heavy atom. The second kappa shape index (κ2) is 7.39. The van der Waals surface area contributed by atoms with Gasteiger partial charge in [0, 0.05) is 39.6 Å². The van der Waals surface area contributed by atoms with Gasteiger partial charge in [-0.15, -0.1) is 0 Å². The van der Waals surface area contributed by atoms with Crippen molar-refractivity contribution in [1.82, 2.24) is 0 Å². The van der Waals surface area contributed by atoms with E-state index in [2.05, 4.69) is 87.1 Å². The predicted octanol–water partition coefficient (Wildman–Crippen LogP) is 6.99. The summed E-state index contributed by atoms with van der Waals surface area (Å²) in [5.41, 5.74) is 8.03. The van der Waals surface area contributed by atoms with Gasteiger partial charge >= 0.3 is 0 Å². The highest BCUT2D eigenvalue weighted by Crippen LogP contribution is 2.52. The van der Waals surface area contributed by atoms with Crippen LogP contribution in [0, 0.1) is 0 Å². The Kier molecular flexibility index (Phi) is 5.01. The van der Waals surface area contributed by atoms with E-state index >= 15 is 0 Å². The molecule has 2 aliphatic rings. The molecule has 0 amide bonds. The van der Waals surface area contributed by atoms with Crippen LogP contribution in [0.3, 0.4) is 0 Å². The number of allylic oxidation sites excluding steroid dienone is 2. The van der Waals surface area contributed by atoms with Crippen LogP contribution in [-0.2, 0) is 5.41 Å². The minimum absolute atomic E-state index is 0.0394. The molecule has 154 valence electrons. The van der Waals surface area contributed by atoms with Gasteiger partial charge in [0.15, 0.2) is 0 Å². The van der Waals surface area contributed by atoms with E-state index < -0.39 is 0 Å². The maximum Gasteiger partial charge on any atom is 0.134 e. The van der Waals surface area contributed by atoms with Gasteiger partial charge in [-0.1, -0.05) is 69.8 Å². The van der Waals surface area contributed by atoms with Crippen LogP contribution in [-0.4, -0.2) is 17.6 Å². The molecule has 2 atom stereocenters. The molecule has 30 heavy (non-hydrogen) atoms. The quantitative estimate of drug-likeness (QED) is 0.542. The van der Waals surface area contributed by atoms with Crippen LogP contribution in [0.2, 0.25) is 0 Å². The molecule has 2 heterocycles. The number of amidine groups is 1. The fourth-order valence-corrected chi connectivity index (χ4v) is 5.02. The van der Waals surface area contributed by atoms with Crippen LogP contribution >= 0.6 is 0 Å². The van der Waals surface area contributed by atoms with Crippen LogP contribution in [0.4, 0.5) is 5.69 Å². The van der Waals surface area contributed by atoms with Crippen molar-refractivity contribution in [3.05, 3.63) is 71.8 Å². The highest BCUT2D eigenvalue weighted by atomic mass is 15.1. The van der Waals surface area contributed by atoms with E-state index in [0.29, 0.717) is 0 Å². The highest BCUT2D eigenvalue weighted by Gasteiger charge is 2.49. The summed E-state index contributed by atoms with van der Waals surface area (Å²) in [5.74, 6) is 0.985. The molecule has 4 rings (SSSR count). The fourth-order valence-electron chi connectivity index (χ4n) is 5.02. The SMILES string of the molecule is C=C/C=N\C(=C/C)c1ccc2c3c1-c1ccccc1NC3=N[C@](C)(CC)C2(C)CC. The lowest BCUT2D eigenvalue weighted by molar-refractivity contribution is 0.238. The summed E-state index contributed by atoms with van der Waals surface area (Å²) >= 11 is 0. The highest BCUT2D eigenvalue weighted by molar-refractivity contribution is 6.20. The van der Waals surface area contributed by atoms with Gasteiger partial charge in [-0.05, 0) is 38.3 Å². The number of anilines is 1. The summed E-state index contributed by atoms with van der Waals surface area (Å²) in [7, 11) is 0. The number of hydrogen-bond acceptors (Lipinski definition) is 3. The first-order valence-corrected chi connectivity index (χ1v) is 10.9. The topological polar surface area (TPSA) is 36.8 Å². The van der Waals surface area contributed by atoms with Crippen LogP contribution in [0.15, 0.2) is 65.1 Å². The second-order valence-corrected chi connectivity index (χ2v) is 8.54. The Morgan fingerprint density at radius 2 is 1.87 bits per heavy atom. The number of nitrogens with zero attached hydrogens (tertiary/aromatic N) is 2. The molecule has 2 aliphatic heterocycles. The maximum absolute atomic E-state index is 5.35. The summed E-state index contributed by atoms with van der Waals surface area (Å²) in [6.07, 6.45) is 7.57. The Morgan fingerprint density at radius 3 is 2.53 bits per heavy atom. The molecule has 2 aromatic rings. The molecule has 3 heteroatoms. The van der Waals surface area contributed by atoms with Gasteiger partial charge in [-0.2, -0.15) is 0 Å². The van der Waals surface area contributed by atoms with Crippen molar-refractivity contribution in [3.63, 3.8) is 0 Å². The van der Waals surface area contributed by atoms with Gasteiger partial charge in [0.05, 0.1) is 11.2 Å². The molecule has 0 fully saturated rings. The monoisotopic (exact) mass is 397 g/mol. The summed E-state index contributed by atoms with van der Waals surface area (Å²) in [4.78, 5) is 10.0. The third kappa shape index (κ3) is 2.72. The zero-order valence-corrected chi connectivity index (χ0v) is 18.7. The van der Waals surface area contributed by atoms with E-state index in [9.17, 15) is 0 Å². The molecule has 0 saturated heterocycles. The first kappa shape index (κ1) is 20.3. The number of aliphatic imine (C=N–C) groups is 2. The van der Waals surface area contributed by atoms with Gasteiger partial charge in [0.2, 0.25) is 0 Å². The summed E-state index contributed by atoms with van der Waals surface area (Å²) in [5, 5.41) is 3.65. The fraction of sp³-hybridized carbons (Fsp3) is 0.333. The number of para-hydroxylation sites is 1. The van der Waals surface area contributed by atoms with Crippen molar-refractivity contribution >= 4 is 23.4 Å². The molecule has 3 nitrogen and oxygen atoms in total. The van der Waals surface area contributed by atoms with Crippen molar-refractivity contribution in [2.24, 2.45) is 9.98 Å². The summed E-state index contributed by atoms with van der Waals surface area (Å²) < 4.78 is 0. The van der Waals surface area contributed by atoms with Crippen LogP contribution in [0.5, 0.6) is 0 Å². The standard InChI is InChI=1S/C27H31N3/c1-7-17-28-21(8-2)19-15-16-20-24-23(19)18-13-11-12-14-22(18)29-25(24)30-27(6,10-4)26(20,5)9-3/h7-8,11-17H,1,9-10H2,2-6H3,(H,29,30)/b21-8-,28-17-/t26?,27-/m1/s1. The maximum atomic E-state index is 5.35. The Labute approximate surface area is 180 Å². The smallest absolute Gasteiger partial charge is 0.134 e. The lowest BCUT2D eigenvalue weighted by Crippen LogP contribution is -2.51. The predicted molar refractivity (Wildman–Crippen MR) is 131 cm³/mol. The number of rotatable bonds is 5. The average Bonchev–Trinajstić information content (AvgIpc) is 2.78. The third-order valence-electron chi connectivity index (χ3n) is 7.30. The van der Waals surface area contributed by atoms with E-state index in [0.717, 1.165) is 35.6 Å². The molecular formula is C27H31N3. The lowest BCUT2D eigenvalue weighted by atomic mass is 9.60. The molecule has 1 unspecified atom stereocenters. The summed E-state index contributed by atoms with van der Waals surface area (Å²) in [6.45, 7) is 15.0. The zero-order valence-electron chi connectivity index (χ0n) is 18.7. The van der Waals surface area contributed by atoms with E-state index in [4.69, 9.17) is 4.99 Å². The normalized spacial score (nSPS) is 24.7. The zero-order chi connectivity index (χ0) is 21.5. The lowest BCUT2D eigenvalue weighted by Gasteiger charge is -2.49. The number of nitrogens with one attached hydrogen (secondary N) is 1. The number of fused-ring (bicyclic) bond motifs is 2. The number of hydrogen-bond donors (Lipinski definition) is 1. The van der Waals surface area contributed by atoms with Crippen molar-refractivity contribution in [2.45, 2.75) is 58.4 Å². The summed E-state index contributed by atoms with van der Waals surface area (Å²) in [6, 6.07) is 13.1. The Bertz CT molecular complexity index is 1110. The molecule has 0 spiro atoms. The average molecular weight is 398 g/mol. The Hall–Kier alpha value is -2.94. The van der Waals surface area contributed by atoms with Gasteiger partial charge < -0.3 is 5.32 Å². The minimum Gasteiger partial charge on any atom is -0.339 e. The largest absolute Gasteiger partial charge is 0.339 e. The molecule has 1 N–H and O–H groups in total. The molecule has 0 aliphatic carbocycles. The number of benzene rings is 2. The van der Waals surface area contributed by atoms with Crippen molar-refractivity contribution in [3.8, 4) is 11.1 Å². The van der Waals surface area contributed by atoms with Gasteiger partial charge in [0.1, 0.15) is 5.84 Å². The molecule has 0 bridgehead atoms. The third-order valence-corrected chi connectivity index (χ3v) is 7.30. The van der Waals surface area contributed by atoms with Crippen LogP contribution in [0.1, 0.15) is 64.2 Å². The van der Waals surface area contributed by atoms with Crippen LogP contribution < -0.4 is 5.32 Å². The molecular weight excluding hydrogens is 366 g/mol. The van der Waals surface area contributed by atoms with Gasteiger partial charge in [-0.25, -0.2) is 0 Å². The molecule has 0 radical (unpaired) electrons. The second-order valence-electron chi connectivity index (χ2n) is 8.54. The van der Waals surface area contributed by atoms with Crippen molar-refractivity contribution in [1.29, 1.82) is 0 Å². The minimum atomic E-state index is -0.160. The first-order chi connectivity index (χ1) is 14.4. The van der Waals surface area contributed by atoms with E-state index in [-0.39, 0.29) is 11.0 Å². The van der Waals surface area contributed by atoms with Crippen molar-refractivity contribution in [2.75, 3.05) is 5.32 Å².